The number of ether oxygens (including phenoxy) is 1. The standard InChI is InChI=1S/C60H111N2O7P/c1-7-10-13-16-19-22-25-27-29-30-31-32-33-34-37-40-43-46-49-52-59(63)61-57(56-68-70(65,66)67-55-54-62(4,5)6)58(51-48-45-42-39-36-24-21-18-15-12-9-3)69-60(64)53-50-47-44-41-38-35-28-26-23-20-17-14-11-8-2/h11,14,20,23,27-29,35,48,51,57-58H,7-10,12-13,15-19,21-22,24-26,30-34,36-47,49-50,52-56H2,1-6H3,(H-,61,63,65,66)/b14-11+,23-20+,29-27+,35-28+,51-48-. The molecule has 10 heteroatoms. The van der Waals surface area contributed by atoms with Crippen molar-refractivity contribution in [1.29, 1.82) is 0 Å². The van der Waals surface area contributed by atoms with Crippen LogP contribution in [-0.4, -0.2) is 69.4 Å². The second kappa shape index (κ2) is 50.3. The Hall–Kier alpha value is -2.29. The number of quaternary nitrogens is 1. The van der Waals surface area contributed by atoms with Crippen molar-refractivity contribution < 1.29 is 37.3 Å². The summed E-state index contributed by atoms with van der Waals surface area (Å²) < 4.78 is 30.2. The minimum Gasteiger partial charge on any atom is -0.756 e. The number of carbonyl (C=O) groups is 2. The minimum atomic E-state index is -4.70. The third-order valence-electron chi connectivity index (χ3n) is 12.7. The summed E-state index contributed by atoms with van der Waals surface area (Å²) in [6, 6.07) is -0.898. The molecule has 0 fully saturated rings. The predicted octanol–water partition coefficient (Wildman–Crippen LogP) is 16.9. The van der Waals surface area contributed by atoms with E-state index in [4.69, 9.17) is 13.8 Å². The van der Waals surface area contributed by atoms with Crippen molar-refractivity contribution >= 4 is 19.7 Å². The lowest BCUT2D eigenvalue weighted by molar-refractivity contribution is -0.870. The summed E-state index contributed by atoms with van der Waals surface area (Å²) in [5.41, 5.74) is 0. The number of nitrogens with one attached hydrogen (secondary N) is 1. The molecule has 70 heavy (non-hydrogen) atoms. The Kier molecular flexibility index (Phi) is 48.6. The summed E-state index contributed by atoms with van der Waals surface area (Å²) in [7, 11) is 1.17. The zero-order valence-electron chi connectivity index (χ0n) is 46.5. The summed E-state index contributed by atoms with van der Waals surface area (Å²) in [4.78, 5) is 39.8. The second-order valence-corrected chi connectivity index (χ2v) is 22.2. The highest BCUT2D eigenvalue weighted by molar-refractivity contribution is 7.45. The Morgan fingerprint density at radius 3 is 1.39 bits per heavy atom. The zero-order chi connectivity index (χ0) is 51.5. The van der Waals surface area contributed by atoms with Crippen LogP contribution in [0.5, 0.6) is 0 Å². The van der Waals surface area contributed by atoms with E-state index in [-0.39, 0.29) is 24.9 Å². The number of nitrogens with zero attached hydrogens (tertiary/aromatic N) is 1. The number of phosphoric ester groups is 1. The topological polar surface area (TPSA) is 114 Å². The van der Waals surface area contributed by atoms with Crippen LogP contribution < -0.4 is 10.2 Å². The van der Waals surface area contributed by atoms with Gasteiger partial charge in [-0.25, -0.2) is 0 Å². The molecule has 0 aliphatic heterocycles. The number of likely N-dealkylation sites (N-methyl/N-ethyl adjacent to an activating group) is 1. The lowest BCUT2D eigenvalue weighted by Gasteiger charge is -2.30. The third-order valence-corrected chi connectivity index (χ3v) is 13.6. The van der Waals surface area contributed by atoms with Gasteiger partial charge in [-0.1, -0.05) is 217 Å². The van der Waals surface area contributed by atoms with E-state index in [2.05, 4.69) is 74.7 Å². The summed E-state index contributed by atoms with van der Waals surface area (Å²) in [6.07, 6.45) is 61.9. The Morgan fingerprint density at radius 2 is 0.914 bits per heavy atom. The maximum Gasteiger partial charge on any atom is 0.306 e. The van der Waals surface area contributed by atoms with Crippen LogP contribution in [0, 0.1) is 0 Å². The van der Waals surface area contributed by atoms with E-state index >= 15 is 0 Å². The summed E-state index contributed by atoms with van der Waals surface area (Å²) >= 11 is 0. The molecule has 0 aromatic heterocycles. The highest BCUT2D eigenvalue weighted by Crippen LogP contribution is 2.38. The lowest BCUT2D eigenvalue weighted by atomic mass is 10.0. The molecule has 0 bridgehead atoms. The fourth-order valence-electron chi connectivity index (χ4n) is 8.18. The third kappa shape index (κ3) is 50.6. The molecular weight excluding hydrogens is 892 g/mol. The highest BCUT2D eigenvalue weighted by Gasteiger charge is 2.27. The maximum atomic E-state index is 13.5. The van der Waals surface area contributed by atoms with Crippen molar-refractivity contribution in [2.45, 2.75) is 270 Å². The molecule has 1 N–H and O–H groups in total. The molecule has 0 spiro atoms. The van der Waals surface area contributed by atoms with E-state index in [0.717, 1.165) is 89.9 Å². The second-order valence-electron chi connectivity index (χ2n) is 20.8. The lowest BCUT2D eigenvalue weighted by Crippen LogP contribution is -2.47. The fraction of sp³-hybridized carbons (Fsp3) is 0.800. The molecule has 3 atom stereocenters. The van der Waals surface area contributed by atoms with Gasteiger partial charge in [0.05, 0.1) is 33.8 Å². The Bertz CT molecular complexity index is 1390. The smallest absolute Gasteiger partial charge is 0.306 e. The predicted molar refractivity (Wildman–Crippen MR) is 298 cm³/mol. The molecule has 0 heterocycles. The number of phosphoric acid groups is 1. The summed E-state index contributed by atoms with van der Waals surface area (Å²) in [5, 5.41) is 3.01. The SMILES string of the molecule is CC/C=C/C/C=C/C/C=C/CCCCCCC(=O)OC(/C=C\CCCCCCCCCCC)C(COP(=O)([O-])OCC[N+](C)(C)C)NC(=O)CCCCCCCCCCC/C=C/CCCCCCCC. The molecule has 1 amide bonds. The molecule has 9 nitrogen and oxygen atoms in total. The molecule has 0 rings (SSSR count). The van der Waals surface area contributed by atoms with Gasteiger partial charge in [0, 0.05) is 12.8 Å². The average Bonchev–Trinajstić information content (AvgIpc) is 3.32. The van der Waals surface area contributed by atoms with Crippen molar-refractivity contribution in [3.63, 3.8) is 0 Å². The first-order valence-corrected chi connectivity index (χ1v) is 30.6. The Balaban J connectivity index is 5.29. The van der Waals surface area contributed by atoms with Crippen molar-refractivity contribution in [2.75, 3.05) is 40.9 Å². The molecule has 0 saturated carbocycles. The Morgan fingerprint density at radius 1 is 0.514 bits per heavy atom. The van der Waals surface area contributed by atoms with Gasteiger partial charge in [0.15, 0.2) is 0 Å². The van der Waals surface area contributed by atoms with Crippen LogP contribution in [0.2, 0.25) is 0 Å². The molecule has 0 aliphatic carbocycles. The van der Waals surface area contributed by atoms with Crippen molar-refractivity contribution in [3.05, 3.63) is 60.8 Å². The molecule has 408 valence electrons. The number of allylic oxidation sites excluding steroid dienone is 9. The van der Waals surface area contributed by atoms with Crippen LogP contribution in [0.25, 0.3) is 0 Å². The molecule has 3 unspecified atom stereocenters. The van der Waals surface area contributed by atoms with Crippen LogP contribution in [0.1, 0.15) is 258 Å². The van der Waals surface area contributed by atoms with E-state index in [1.54, 1.807) is 0 Å². The van der Waals surface area contributed by atoms with E-state index in [9.17, 15) is 19.0 Å². The quantitative estimate of drug-likeness (QED) is 0.0212. The molecular formula is C60H111N2O7P. The fourth-order valence-corrected chi connectivity index (χ4v) is 8.90. The van der Waals surface area contributed by atoms with Crippen LogP contribution >= 0.6 is 7.82 Å². The minimum absolute atomic E-state index is 0.0276. The number of rotatable bonds is 52. The number of hydrogen-bond acceptors (Lipinski definition) is 7. The number of carbonyl (C=O) groups excluding carboxylic acids is 2. The number of hydrogen-bond donors (Lipinski definition) is 1. The zero-order valence-corrected chi connectivity index (χ0v) is 47.4. The first kappa shape index (κ1) is 67.7. The van der Waals surface area contributed by atoms with Crippen molar-refractivity contribution in [1.82, 2.24) is 5.32 Å². The van der Waals surface area contributed by atoms with Crippen LogP contribution in [0.3, 0.4) is 0 Å². The molecule has 0 saturated heterocycles. The first-order chi connectivity index (χ1) is 33.9. The first-order valence-electron chi connectivity index (χ1n) is 29.1. The van der Waals surface area contributed by atoms with E-state index < -0.39 is 26.6 Å². The normalized spacial score (nSPS) is 14.2. The van der Waals surface area contributed by atoms with Crippen LogP contribution in [0.4, 0.5) is 0 Å². The van der Waals surface area contributed by atoms with Gasteiger partial charge in [0.25, 0.3) is 7.82 Å². The monoisotopic (exact) mass is 1000 g/mol. The van der Waals surface area contributed by atoms with E-state index in [1.807, 2.05) is 33.3 Å². The highest BCUT2D eigenvalue weighted by atomic mass is 31.2. The van der Waals surface area contributed by atoms with E-state index in [0.29, 0.717) is 23.9 Å². The van der Waals surface area contributed by atoms with Gasteiger partial charge in [0.1, 0.15) is 19.3 Å². The molecule has 0 radical (unpaired) electrons. The van der Waals surface area contributed by atoms with Gasteiger partial charge in [-0.15, -0.1) is 0 Å². The van der Waals surface area contributed by atoms with Gasteiger partial charge in [-0.05, 0) is 89.5 Å². The molecule has 0 aromatic carbocycles. The van der Waals surface area contributed by atoms with Gasteiger partial charge >= 0.3 is 5.97 Å². The maximum absolute atomic E-state index is 13.5. The van der Waals surface area contributed by atoms with Gasteiger partial charge in [-0.2, -0.15) is 0 Å². The van der Waals surface area contributed by atoms with Gasteiger partial charge < -0.3 is 28.5 Å². The van der Waals surface area contributed by atoms with E-state index in [1.165, 1.54) is 128 Å². The van der Waals surface area contributed by atoms with Crippen molar-refractivity contribution in [3.8, 4) is 0 Å². The van der Waals surface area contributed by atoms with Crippen LogP contribution in [-0.2, 0) is 27.9 Å². The number of esters is 1. The average molecular weight is 1000 g/mol. The van der Waals surface area contributed by atoms with Crippen molar-refractivity contribution in [2.24, 2.45) is 0 Å². The van der Waals surface area contributed by atoms with Crippen LogP contribution in [0.15, 0.2) is 60.8 Å². The molecule has 0 aromatic rings. The largest absolute Gasteiger partial charge is 0.756 e. The Labute approximate surface area is 432 Å². The number of unbranched alkanes of at least 4 members (excludes halogenated alkanes) is 28. The van der Waals surface area contributed by atoms with Gasteiger partial charge in [-0.3, -0.25) is 14.2 Å². The van der Waals surface area contributed by atoms with Gasteiger partial charge in [0.2, 0.25) is 5.91 Å². The summed E-state index contributed by atoms with van der Waals surface area (Å²) in [5.74, 6) is -0.568. The summed E-state index contributed by atoms with van der Waals surface area (Å²) in [6.45, 7) is 6.70. The molecule has 0 aliphatic rings. The number of amides is 1.